The van der Waals surface area contributed by atoms with E-state index in [-0.39, 0.29) is 17.5 Å². The number of likely N-dealkylation sites (N-methyl/N-ethyl adjacent to an activating group) is 1. The number of aromatic hydroxyl groups is 1. The standard InChI is InChI=1S/C14H19N3O4/c1-3-10-9-16(8-7-15(10)2)14(19)11-5-4-6-12(13(11)18)17(20)21/h4-6,10,18H,3,7-9H2,1-2H3. The summed E-state index contributed by atoms with van der Waals surface area (Å²) in [7, 11) is 2.01. The summed E-state index contributed by atoms with van der Waals surface area (Å²) in [4.78, 5) is 26.5. The summed E-state index contributed by atoms with van der Waals surface area (Å²) in [6.45, 7) is 3.92. The highest BCUT2D eigenvalue weighted by Gasteiger charge is 2.29. The summed E-state index contributed by atoms with van der Waals surface area (Å²) >= 11 is 0. The van der Waals surface area contributed by atoms with Crippen LogP contribution in [0.2, 0.25) is 0 Å². The average molecular weight is 293 g/mol. The molecule has 0 aliphatic carbocycles. The van der Waals surface area contributed by atoms with Gasteiger partial charge in [0, 0.05) is 31.7 Å². The second kappa shape index (κ2) is 6.09. The van der Waals surface area contributed by atoms with Gasteiger partial charge in [0.05, 0.1) is 10.5 Å². The molecule has 1 aromatic rings. The highest BCUT2D eigenvalue weighted by molar-refractivity contribution is 5.98. The van der Waals surface area contributed by atoms with Crippen LogP contribution in [0.5, 0.6) is 5.75 Å². The molecule has 7 nitrogen and oxygen atoms in total. The average Bonchev–Trinajstić information content (AvgIpc) is 2.47. The summed E-state index contributed by atoms with van der Waals surface area (Å²) in [6, 6.07) is 4.29. The van der Waals surface area contributed by atoms with Crippen molar-refractivity contribution in [1.29, 1.82) is 0 Å². The number of rotatable bonds is 3. The summed E-state index contributed by atoms with van der Waals surface area (Å²) < 4.78 is 0. The number of nitrogens with zero attached hydrogens (tertiary/aromatic N) is 3. The Labute approximate surface area is 122 Å². The number of hydrogen-bond acceptors (Lipinski definition) is 5. The van der Waals surface area contributed by atoms with Crippen molar-refractivity contribution in [2.75, 3.05) is 26.7 Å². The van der Waals surface area contributed by atoms with E-state index in [2.05, 4.69) is 11.8 Å². The smallest absolute Gasteiger partial charge is 0.311 e. The second-order valence-corrected chi connectivity index (χ2v) is 5.22. The minimum atomic E-state index is -0.690. The number of benzene rings is 1. The maximum Gasteiger partial charge on any atom is 0.311 e. The first-order chi connectivity index (χ1) is 9.95. The predicted molar refractivity (Wildman–Crippen MR) is 77.4 cm³/mol. The lowest BCUT2D eigenvalue weighted by Gasteiger charge is -2.39. The second-order valence-electron chi connectivity index (χ2n) is 5.22. The van der Waals surface area contributed by atoms with Crippen LogP contribution in [0, 0.1) is 10.1 Å². The molecule has 0 aromatic heterocycles. The molecule has 21 heavy (non-hydrogen) atoms. The Kier molecular flexibility index (Phi) is 4.42. The molecule has 1 unspecified atom stereocenters. The molecule has 0 saturated carbocycles. The van der Waals surface area contributed by atoms with Gasteiger partial charge in [-0.3, -0.25) is 19.8 Å². The van der Waals surface area contributed by atoms with Crippen LogP contribution in [0.1, 0.15) is 23.7 Å². The Morgan fingerprint density at radius 3 is 2.81 bits per heavy atom. The van der Waals surface area contributed by atoms with E-state index in [1.54, 1.807) is 4.90 Å². The fraction of sp³-hybridized carbons (Fsp3) is 0.500. The number of phenolic OH excluding ortho intramolecular Hbond substituents is 1. The van der Waals surface area contributed by atoms with Gasteiger partial charge in [-0.25, -0.2) is 0 Å². The predicted octanol–water partition coefficient (Wildman–Crippen LogP) is 1.47. The van der Waals surface area contributed by atoms with Crippen LogP contribution in [0.4, 0.5) is 5.69 Å². The molecule has 1 amide bonds. The van der Waals surface area contributed by atoms with Crippen LogP contribution < -0.4 is 0 Å². The van der Waals surface area contributed by atoms with Gasteiger partial charge in [-0.05, 0) is 19.5 Å². The first-order valence-corrected chi connectivity index (χ1v) is 6.91. The van der Waals surface area contributed by atoms with Crippen molar-refractivity contribution < 1.29 is 14.8 Å². The Bertz CT molecular complexity index is 561. The van der Waals surface area contributed by atoms with Crippen LogP contribution in [0.3, 0.4) is 0 Å². The van der Waals surface area contributed by atoms with Gasteiger partial charge in [0.25, 0.3) is 5.91 Å². The molecule has 2 rings (SSSR count). The lowest BCUT2D eigenvalue weighted by atomic mass is 10.1. The molecular formula is C14H19N3O4. The van der Waals surface area contributed by atoms with E-state index in [0.29, 0.717) is 13.1 Å². The van der Waals surface area contributed by atoms with Gasteiger partial charge in [-0.2, -0.15) is 0 Å². The maximum absolute atomic E-state index is 12.5. The monoisotopic (exact) mass is 293 g/mol. The van der Waals surface area contributed by atoms with Crippen LogP contribution in [-0.4, -0.2) is 58.5 Å². The molecule has 0 spiro atoms. The highest BCUT2D eigenvalue weighted by Crippen LogP contribution is 2.30. The zero-order valence-electron chi connectivity index (χ0n) is 12.2. The summed E-state index contributed by atoms with van der Waals surface area (Å²) in [5, 5.41) is 20.8. The van der Waals surface area contributed by atoms with Crippen molar-refractivity contribution in [2.45, 2.75) is 19.4 Å². The summed E-state index contributed by atoms with van der Waals surface area (Å²) in [5.74, 6) is -0.915. The van der Waals surface area contributed by atoms with Crippen molar-refractivity contribution in [3.8, 4) is 5.75 Å². The molecule has 1 aliphatic heterocycles. The molecule has 1 aliphatic rings. The summed E-state index contributed by atoms with van der Waals surface area (Å²) in [6.07, 6.45) is 0.918. The fourth-order valence-corrected chi connectivity index (χ4v) is 2.59. The van der Waals surface area contributed by atoms with Crippen molar-refractivity contribution in [3.63, 3.8) is 0 Å². The lowest BCUT2D eigenvalue weighted by Crippen LogP contribution is -2.52. The number of piperazine rings is 1. The van der Waals surface area contributed by atoms with E-state index in [1.165, 1.54) is 18.2 Å². The SMILES string of the molecule is CCC1CN(C(=O)c2cccc([N+](=O)[O-])c2O)CCN1C. The minimum Gasteiger partial charge on any atom is -0.502 e. The third-order valence-electron chi connectivity index (χ3n) is 3.98. The van der Waals surface area contributed by atoms with E-state index >= 15 is 0 Å². The van der Waals surface area contributed by atoms with Crippen LogP contribution in [0.25, 0.3) is 0 Å². The van der Waals surface area contributed by atoms with Gasteiger partial charge in [0.2, 0.25) is 5.75 Å². The van der Waals surface area contributed by atoms with E-state index in [9.17, 15) is 20.0 Å². The molecule has 1 atom stereocenters. The molecule has 1 fully saturated rings. The van der Waals surface area contributed by atoms with Crippen LogP contribution in [0.15, 0.2) is 18.2 Å². The van der Waals surface area contributed by atoms with E-state index in [1.807, 2.05) is 7.05 Å². The van der Waals surface area contributed by atoms with E-state index in [4.69, 9.17) is 0 Å². The van der Waals surface area contributed by atoms with Gasteiger partial charge in [0.1, 0.15) is 0 Å². The molecule has 0 radical (unpaired) electrons. The van der Waals surface area contributed by atoms with Crippen LogP contribution in [-0.2, 0) is 0 Å². The molecular weight excluding hydrogens is 274 g/mol. The number of para-hydroxylation sites is 1. The van der Waals surface area contributed by atoms with Crippen molar-refractivity contribution in [3.05, 3.63) is 33.9 Å². The number of carbonyl (C=O) groups is 1. The maximum atomic E-state index is 12.5. The highest BCUT2D eigenvalue weighted by atomic mass is 16.6. The number of nitro groups is 1. The largest absolute Gasteiger partial charge is 0.502 e. The van der Waals surface area contributed by atoms with Crippen molar-refractivity contribution in [2.24, 2.45) is 0 Å². The van der Waals surface area contributed by atoms with Gasteiger partial charge in [0.15, 0.2) is 0 Å². The number of hydrogen-bond donors (Lipinski definition) is 1. The quantitative estimate of drug-likeness (QED) is 0.673. The third-order valence-corrected chi connectivity index (χ3v) is 3.98. The first-order valence-electron chi connectivity index (χ1n) is 6.91. The zero-order valence-corrected chi connectivity index (χ0v) is 12.2. The third kappa shape index (κ3) is 2.97. The number of carbonyl (C=O) groups excluding carboxylic acids is 1. The topological polar surface area (TPSA) is 86.9 Å². The van der Waals surface area contributed by atoms with Gasteiger partial charge in [-0.15, -0.1) is 0 Å². The molecule has 1 heterocycles. The van der Waals surface area contributed by atoms with Gasteiger partial charge in [-0.1, -0.05) is 13.0 Å². The fourth-order valence-electron chi connectivity index (χ4n) is 2.59. The number of nitro benzene ring substituents is 1. The Hall–Kier alpha value is -2.15. The van der Waals surface area contributed by atoms with Crippen molar-refractivity contribution in [1.82, 2.24) is 9.80 Å². The number of phenols is 1. The Morgan fingerprint density at radius 2 is 2.19 bits per heavy atom. The van der Waals surface area contributed by atoms with Gasteiger partial charge < -0.3 is 10.0 Å². The minimum absolute atomic E-state index is 0.0105. The Balaban J connectivity index is 2.25. The molecule has 7 heteroatoms. The first kappa shape index (κ1) is 15.2. The normalized spacial score (nSPS) is 19.5. The van der Waals surface area contributed by atoms with Gasteiger partial charge >= 0.3 is 5.69 Å². The Morgan fingerprint density at radius 1 is 1.48 bits per heavy atom. The zero-order chi connectivity index (χ0) is 15.6. The van der Waals surface area contributed by atoms with Crippen LogP contribution >= 0.6 is 0 Å². The van der Waals surface area contributed by atoms with E-state index < -0.39 is 16.4 Å². The number of amides is 1. The molecule has 1 saturated heterocycles. The molecule has 0 bridgehead atoms. The van der Waals surface area contributed by atoms with E-state index in [0.717, 1.165) is 13.0 Å². The van der Waals surface area contributed by atoms with Crippen molar-refractivity contribution >= 4 is 11.6 Å². The molecule has 114 valence electrons. The molecule has 1 N–H and O–H groups in total. The molecule has 1 aromatic carbocycles. The summed E-state index contributed by atoms with van der Waals surface area (Å²) in [5.41, 5.74) is -0.453. The lowest BCUT2D eigenvalue weighted by molar-refractivity contribution is -0.385.